The number of rotatable bonds is 1. The summed E-state index contributed by atoms with van der Waals surface area (Å²) in [6, 6.07) is 0. The minimum Gasteiger partial charge on any atom is -0.481 e. The third-order valence-corrected chi connectivity index (χ3v) is 0.823. The molecule has 0 atom stereocenters. The SMILES string of the molecule is CC(=O)O.CC(C)(S)C(N)=O. The topological polar surface area (TPSA) is 80.4 Å². The van der Waals surface area contributed by atoms with Crippen LogP contribution in [0.1, 0.15) is 20.8 Å². The first-order valence-corrected chi connectivity index (χ1v) is 3.34. The number of amides is 1. The van der Waals surface area contributed by atoms with Crippen LogP contribution in [-0.2, 0) is 9.59 Å². The van der Waals surface area contributed by atoms with Gasteiger partial charge in [-0.1, -0.05) is 0 Å². The minimum absolute atomic E-state index is 0.393. The highest BCUT2D eigenvalue weighted by molar-refractivity contribution is 7.82. The van der Waals surface area contributed by atoms with Crippen LogP contribution < -0.4 is 5.73 Å². The normalized spacial score (nSPS) is 9.45. The molecule has 3 N–H and O–H groups in total. The summed E-state index contributed by atoms with van der Waals surface area (Å²) in [5.74, 6) is -1.23. The van der Waals surface area contributed by atoms with Crippen molar-refractivity contribution in [3.8, 4) is 0 Å². The van der Waals surface area contributed by atoms with Crippen LogP contribution in [0.4, 0.5) is 0 Å². The van der Waals surface area contributed by atoms with E-state index in [0.29, 0.717) is 0 Å². The number of carbonyl (C=O) groups is 2. The predicted octanol–water partition coefficient (Wildman–Crippen LogP) is 0.271. The summed E-state index contributed by atoms with van der Waals surface area (Å²) in [6.07, 6.45) is 0. The first kappa shape index (κ1) is 12.9. The van der Waals surface area contributed by atoms with Crippen molar-refractivity contribution in [2.24, 2.45) is 5.73 Å². The second-order valence-electron chi connectivity index (χ2n) is 2.44. The Morgan fingerprint density at radius 1 is 1.45 bits per heavy atom. The molecular weight excluding hydrogens is 166 g/mol. The van der Waals surface area contributed by atoms with Crippen LogP contribution in [0.5, 0.6) is 0 Å². The molecule has 0 aromatic heterocycles. The van der Waals surface area contributed by atoms with Gasteiger partial charge in [-0.15, -0.1) is 0 Å². The van der Waals surface area contributed by atoms with Gasteiger partial charge in [0.1, 0.15) is 0 Å². The summed E-state index contributed by atoms with van der Waals surface area (Å²) in [5, 5.41) is 7.42. The van der Waals surface area contributed by atoms with Crippen LogP contribution in [0.15, 0.2) is 0 Å². The molecule has 0 spiro atoms. The second-order valence-corrected chi connectivity index (χ2v) is 3.56. The molecule has 66 valence electrons. The third-order valence-electron chi connectivity index (χ3n) is 0.603. The molecule has 0 heterocycles. The van der Waals surface area contributed by atoms with E-state index in [-0.39, 0.29) is 0 Å². The summed E-state index contributed by atoms with van der Waals surface area (Å²) in [6.45, 7) is 4.39. The molecule has 0 unspecified atom stereocenters. The van der Waals surface area contributed by atoms with Crippen LogP contribution in [0.25, 0.3) is 0 Å². The molecule has 0 rings (SSSR count). The molecule has 0 aliphatic heterocycles. The van der Waals surface area contributed by atoms with Crippen molar-refractivity contribution in [1.29, 1.82) is 0 Å². The molecule has 0 aromatic carbocycles. The van der Waals surface area contributed by atoms with E-state index in [1.807, 2.05) is 0 Å². The van der Waals surface area contributed by atoms with Crippen LogP contribution in [0.3, 0.4) is 0 Å². The van der Waals surface area contributed by atoms with E-state index in [2.05, 4.69) is 12.6 Å². The zero-order valence-electron chi connectivity index (χ0n) is 6.79. The van der Waals surface area contributed by atoms with Crippen molar-refractivity contribution >= 4 is 24.5 Å². The third kappa shape index (κ3) is 17.6. The van der Waals surface area contributed by atoms with Crippen LogP contribution >= 0.6 is 12.6 Å². The van der Waals surface area contributed by atoms with Gasteiger partial charge in [-0.05, 0) is 13.8 Å². The smallest absolute Gasteiger partial charge is 0.300 e. The average Bonchev–Trinajstić information content (AvgIpc) is 1.59. The lowest BCUT2D eigenvalue weighted by Crippen LogP contribution is -2.32. The van der Waals surface area contributed by atoms with Crippen LogP contribution in [-0.4, -0.2) is 21.7 Å². The Balaban J connectivity index is 0. The van der Waals surface area contributed by atoms with E-state index in [9.17, 15) is 4.79 Å². The number of hydrogen-bond donors (Lipinski definition) is 3. The number of carboxylic acid groups (broad SMARTS) is 1. The van der Waals surface area contributed by atoms with Gasteiger partial charge in [-0.2, -0.15) is 12.6 Å². The molecular formula is C6H13NO3S. The summed E-state index contributed by atoms with van der Waals surface area (Å²) in [5.41, 5.74) is 4.85. The fraction of sp³-hybridized carbons (Fsp3) is 0.667. The van der Waals surface area contributed by atoms with Gasteiger partial charge in [0.2, 0.25) is 5.91 Å². The maximum absolute atomic E-state index is 10.2. The van der Waals surface area contributed by atoms with E-state index in [4.69, 9.17) is 15.6 Å². The van der Waals surface area contributed by atoms with E-state index in [1.54, 1.807) is 13.8 Å². The monoisotopic (exact) mass is 179 g/mol. The molecule has 0 radical (unpaired) electrons. The van der Waals surface area contributed by atoms with Gasteiger partial charge in [-0.25, -0.2) is 0 Å². The predicted molar refractivity (Wildman–Crippen MR) is 45.6 cm³/mol. The molecule has 0 bridgehead atoms. The van der Waals surface area contributed by atoms with Gasteiger partial charge in [0, 0.05) is 6.92 Å². The fourth-order valence-corrected chi connectivity index (χ4v) is 0. The maximum atomic E-state index is 10.2. The number of nitrogens with two attached hydrogens (primary N) is 1. The first-order valence-electron chi connectivity index (χ1n) is 2.89. The number of carboxylic acids is 1. The van der Waals surface area contributed by atoms with E-state index < -0.39 is 16.6 Å². The Bertz CT molecular complexity index is 146. The number of carbonyl (C=O) groups excluding carboxylic acids is 1. The summed E-state index contributed by atoms with van der Waals surface area (Å²) in [4.78, 5) is 19.2. The number of primary amides is 1. The lowest BCUT2D eigenvalue weighted by molar-refractivity contribution is -0.134. The van der Waals surface area contributed by atoms with Gasteiger partial charge in [0.15, 0.2) is 0 Å². The van der Waals surface area contributed by atoms with Gasteiger partial charge >= 0.3 is 0 Å². The largest absolute Gasteiger partial charge is 0.481 e. The van der Waals surface area contributed by atoms with Gasteiger partial charge in [0.05, 0.1) is 4.75 Å². The van der Waals surface area contributed by atoms with E-state index in [0.717, 1.165) is 6.92 Å². The highest BCUT2D eigenvalue weighted by Crippen LogP contribution is 2.08. The summed E-state index contributed by atoms with van der Waals surface area (Å²) >= 11 is 3.88. The minimum atomic E-state index is -0.833. The molecule has 5 heteroatoms. The lowest BCUT2D eigenvalue weighted by atomic mass is 10.2. The Morgan fingerprint density at radius 2 is 1.55 bits per heavy atom. The quantitative estimate of drug-likeness (QED) is 0.505. The van der Waals surface area contributed by atoms with E-state index >= 15 is 0 Å². The molecule has 0 aliphatic carbocycles. The number of thiol groups is 1. The Hall–Kier alpha value is -0.710. The second kappa shape index (κ2) is 5.01. The van der Waals surface area contributed by atoms with Gasteiger partial charge in [-0.3, -0.25) is 9.59 Å². The summed E-state index contributed by atoms with van der Waals surface area (Å²) < 4.78 is -0.667. The average molecular weight is 179 g/mol. The number of aliphatic carboxylic acids is 1. The Kier molecular flexibility index (Phi) is 5.88. The molecule has 11 heavy (non-hydrogen) atoms. The fourth-order valence-electron chi connectivity index (χ4n) is 0. The van der Waals surface area contributed by atoms with Crippen LogP contribution in [0, 0.1) is 0 Å². The highest BCUT2D eigenvalue weighted by atomic mass is 32.1. The molecule has 0 aromatic rings. The molecule has 0 aliphatic rings. The van der Waals surface area contributed by atoms with Gasteiger partial charge < -0.3 is 10.8 Å². The zero-order valence-corrected chi connectivity index (χ0v) is 7.68. The Morgan fingerprint density at radius 3 is 1.55 bits per heavy atom. The van der Waals surface area contributed by atoms with Crippen molar-refractivity contribution in [2.45, 2.75) is 25.5 Å². The first-order chi connectivity index (χ1) is 4.68. The van der Waals surface area contributed by atoms with Crippen molar-refractivity contribution in [3.63, 3.8) is 0 Å². The molecule has 1 amide bonds. The van der Waals surface area contributed by atoms with Crippen molar-refractivity contribution < 1.29 is 14.7 Å². The highest BCUT2D eigenvalue weighted by Gasteiger charge is 2.17. The van der Waals surface area contributed by atoms with Crippen molar-refractivity contribution in [2.75, 3.05) is 0 Å². The van der Waals surface area contributed by atoms with Crippen molar-refractivity contribution in [1.82, 2.24) is 0 Å². The summed E-state index contributed by atoms with van der Waals surface area (Å²) in [7, 11) is 0. The maximum Gasteiger partial charge on any atom is 0.300 e. The van der Waals surface area contributed by atoms with E-state index in [1.165, 1.54) is 0 Å². The molecule has 0 fully saturated rings. The zero-order chi connectivity index (χ0) is 9.65. The molecule has 0 saturated carbocycles. The van der Waals surface area contributed by atoms with Gasteiger partial charge in [0.25, 0.3) is 5.97 Å². The molecule has 4 nitrogen and oxygen atoms in total. The number of hydrogen-bond acceptors (Lipinski definition) is 3. The molecule has 0 saturated heterocycles. The Labute approximate surface area is 71.2 Å². The standard InChI is InChI=1S/C4H9NOS.C2H4O2/c1-4(2,7)3(5)6;1-2(3)4/h7H,1-2H3,(H2,5,6);1H3,(H,3,4). The van der Waals surface area contributed by atoms with Crippen molar-refractivity contribution in [3.05, 3.63) is 0 Å². The lowest BCUT2D eigenvalue weighted by Gasteiger charge is -2.09. The van der Waals surface area contributed by atoms with Crippen LogP contribution in [0.2, 0.25) is 0 Å².